The van der Waals surface area contributed by atoms with Crippen LogP contribution in [0.1, 0.15) is 50.0 Å². The summed E-state index contributed by atoms with van der Waals surface area (Å²) in [5, 5.41) is 1.19. The van der Waals surface area contributed by atoms with E-state index < -0.39 is 0 Å². The molecule has 4 heteroatoms. The fourth-order valence-electron chi connectivity index (χ4n) is 2.82. The zero-order valence-corrected chi connectivity index (χ0v) is 12.4. The summed E-state index contributed by atoms with van der Waals surface area (Å²) in [5.74, 6) is 0.810. The van der Waals surface area contributed by atoms with Gasteiger partial charge in [0, 0.05) is 4.88 Å². The SMILES string of the molecule is CCCC(CC)Oc1ncnc2sc3c(c12)CCC3. The number of nitrogens with zero attached hydrogens (tertiary/aromatic N) is 2. The Kier molecular flexibility index (Phi) is 3.69. The molecule has 0 aliphatic heterocycles. The topological polar surface area (TPSA) is 35.0 Å². The molecule has 0 amide bonds. The molecule has 2 aromatic rings. The monoisotopic (exact) mass is 276 g/mol. The molecule has 0 spiro atoms. The number of hydrogen-bond donors (Lipinski definition) is 0. The Morgan fingerprint density at radius 2 is 2.21 bits per heavy atom. The smallest absolute Gasteiger partial charge is 0.225 e. The van der Waals surface area contributed by atoms with Crippen LogP contribution in [0.5, 0.6) is 5.88 Å². The Morgan fingerprint density at radius 1 is 1.32 bits per heavy atom. The Morgan fingerprint density at radius 3 is 3.00 bits per heavy atom. The molecule has 2 heterocycles. The second kappa shape index (κ2) is 5.45. The summed E-state index contributed by atoms with van der Waals surface area (Å²) < 4.78 is 6.16. The standard InChI is InChI=1S/C15H20N2OS/c1-3-6-10(4-2)18-14-13-11-7-5-8-12(11)19-15(13)17-9-16-14/h9-10H,3-8H2,1-2H3. The Hall–Kier alpha value is -1.16. The molecule has 0 fully saturated rings. The molecule has 3 nitrogen and oxygen atoms in total. The maximum atomic E-state index is 6.16. The van der Waals surface area contributed by atoms with Crippen molar-refractivity contribution >= 4 is 21.6 Å². The highest BCUT2D eigenvalue weighted by molar-refractivity contribution is 7.18. The highest BCUT2D eigenvalue weighted by Crippen LogP contribution is 2.40. The zero-order chi connectivity index (χ0) is 13.2. The average Bonchev–Trinajstić information content (AvgIpc) is 2.98. The lowest BCUT2D eigenvalue weighted by Gasteiger charge is -2.16. The van der Waals surface area contributed by atoms with Crippen molar-refractivity contribution < 1.29 is 4.74 Å². The van der Waals surface area contributed by atoms with Crippen LogP contribution in [0.3, 0.4) is 0 Å². The largest absolute Gasteiger partial charge is 0.474 e. The van der Waals surface area contributed by atoms with E-state index in [1.807, 2.05) is 11.3 Å². The van der Waals surface area contributed by atoms with Gasteiger partial charge in [0.2, 0.25) is 5.88 Å². The molecule has 0 N–H and O–H groups in total. The quantitative estimate of drug-likeness (QED) is 0.823. The summed E-state index contributed by atoms with van der Waals surface area (Å²) in [6.07, 6.45) is 8.81. The van der Waals surface area contributed by atoms with Gasteiger partial charge in [-0.15, -0.1) is 11.3 Å². The van der Waals surface area contributed by atoms with Crippen LogP contribution in [0.2, 0.25) is 0 Å². The van der Waals surface area contributed by atoms with Crippen molar-refractivity contribution in [1.82, 2.24) is 9.97 Å². The average molecular weight is 276 g/mol. The first-order chi connectivity index (χ1) is 9.33. The molecule has 1 aliphatic carbocycles. The number of hydrogen-bond acceptors (Lipinski definition) is 4. The lowest BCUT2D eigenvalue weighted by Crippen LogP contribution is -2.15. The van der Waals surface area contributed by atoms with E-state index in [0.29, 0.717) is 0 Å². The molecule has 0 aromatic carbocycles. The number of rotatable bonds is 5. The van der Waals surface area contributed by atoms with Gasteiger partial charge in [0.15, 0.2) is 0 Å². The van der Waals surface area contributed by atoms with E-state index in [1.165, 1.54) is 28.7 Å². The molecule has 0 bridgehead atoms. The van der Waals surface area contributed by atoms with Crippen molar-refractivity contribution in [2.24, 2.45) is 0 Å². The molecule has 0 saturated carbocycles. The van der Waals surface area contributed by atoms with Gasteiger partial charge in [0.05, 0.1) is 5.39 Å². The van der Waals surface area contributed by atoms with Crippen molar-refractivity contribution in [3.05, 3.63) is 16.8 Å². The zero-order valence-electron chi connectivity index (χ0n) is 11.6. The summed E-state index contributed by atoms with van der Waals surface area (Å²) in [4.78, 5) is 11.4. The minimum Gasteiger partial charge on any atom is -0.474 e. The molecule has 1 aliphatic rings. The maximum absolute atomic E-state index is 6.16. The molecule has 102 valence electrons. The number of fused-ring (bicyclic) bond motifs is 3. The number of ether oxygens (including phenoxy) is 1. The first-order valence-corrected chi connectivity index (χ1v) is 8.07. The van der Waals surface area contributed by atoms with Crippen molar-refractivity contribution in [3.8, 4) is 5.88 Å². The number of aryl methyl sites for hydroxylation is 2. The molecule has 3 rings (SSSR count). The summed E-state index contributed by atoms with van der Waals surface area (Å²) >= 11 is 1.82. The van der Waals surface area contributed by atoms with Gasteiger partial charge < -0.3 is 4.74 Å². The van der Waals surface area contributed by atoms with Gasteiger partial charge in [-0.2, -0.15) is 0 Å². The molecule has 1 atom stereocenters. The first kappa shape index (κ1) is 12.9. The van der Waals surface area contributed by atoms with Gasteiger partial charge in [-0.25, -0.2) is 9.97 Å². The molecular formula is C15H20N2OS. The van der Waals surface area contributed by atoms with E-state index in [9.17, 15) is 0 Å². The number of thiophene rings is 1. The normalized spacial score (nSPS) is 15.7. The molecule has 1 unspecified atom stereocenters. The summed E-state index contributed by atoms with van der Waals surface area (Å²) in [6, 6.07) is 0. The van der Waals surface area contributed by atoms with E-state index in [4.69, 9.17) is 4.74 Å². The van der Waals surface area contributed by atoms with Crippen LogP contribution in [-0.4, -0.2) is 16.1 Å². The second-order valence-corrected chi connectivity index (χ2v) is 6.24. The molecule has 19 heavy (non-hydrogen) atoms. The predicted molar refractivity (Wildman–Crippen MR) is 79.1 cm³/mol. The summed E-state index contributed by atoms with van der Waals surface area (Å²) in [6.45, 7) is 4.38. The summed E-state index contributed by atoms with van der Waals surface area (Å²) in [5.41, 5.74) is 1.45. The van der Waals surface area contributed by atoms with Gasteiger partial charge >= 0.3 is 0 Å². The van der Waals surface area contributed by atoms with E-state index in [-0.39, 0.29) is 6.10 Å². The number of aromatic nitrogens is 2. The minimum atomic E-state index is 0.278. The van der Waals surface area contributed by atoms with Crippen LogP contribution in [0.15, 0.2) is 6.33 Å². The molecule has 0 radical (unpaired) electrons. The fourth-order valence-corrected chi connectivity index (χ4v) is 4.03. The maximum Gasteiger partial charge on any atom is 0.225 e. The Bertz CT molecular complexity index is 579. The Balaban J connectivity index is 1.98. The van der Waals surface area contributed by atoms with Gasteiger partial charge in [0.25, 0.3) is 0 Å². The molecule has 0 saturated heterocycles. The third-order valence-corrected chi connectivity index (χ3v) is 5.01. The van der Waals surface area contributed by atoms with Gasteiger partial charge in [0.1, 0.15) is 17.3 Å². The van der Waals surface area contributed by atoms with E-state index in [1.54, 1.807) is 6.33 Å². The lowest BCUT2D eigenvalue weighted by atomic mass is 10.1. The van der Waals surface area contributed by atoms with Gasteiger partial charge in [-0.3, -0.25) is 0 Å². The van der Waals surface area contributed by atoms with Crippen molar-refractivity contribution in [2.45, 2.75) is 58.5 Å². The third-order valence-electron chi connectivity index (χ3n) is 3.81. The van der Waals surface area contributed by atoms with Crippen LogP contribution >= 0.6 is 11.3 Å². The lowest BCUT2D eigenvalue weighted by molar-refractivity contribution is 0.180. The van der Waals surface area contributed by atoms with Crippen LogP contribution in [0.4, 0.5) is 0 Å². The van der Waals surface area contributed by atoms with Crippen LogP contribution in [-0.2, 0) is 12.8 Å². The Labute approximate surface area is 118 Å². The summed E-state index contributed by atoms with van der Waals surface area (Å²) in [7, 11) is 0. The van der Waals surface area contributed by atoms with Gasteiger partial charge in [-0.05, 0) is 37.7 Å². The van der Waals surface area contributed by atoms with E-state index in [2.05, 4.69) is 23.8 Å². The minimum absolute atomic E-state index is 0.278. The van der Waals surface area contributed by atoms with Crippen molar-refractivity contribution in [1.29, 1.82) is 0 Å². The third kappa shape index (κ3) is 2.34. The van der Waals surface area contributed by atoms with Crippen LogP contribution in [0.25, 0.3) is 10.2 Å². The molecule has 2 aromatic heterocycles. The van der Waals surface area contributed by atoms with Crippen molar-refractivity contribution in [2.75, 3.05) is 0 Å². The van der Waals surface area contributed by atoms with Crippen LogP contribution < -0.4 is 4.74 Å². The highest BCUT2D eigenvalue weighted by atomic mass is 32.1. The van der Waals surface area contributed by atoms with E-state index in [0.717, 1.165) is 36.4 Å². The van der Waals surface area contributed by atoms with E-state index >= 15 is 0 Å². The fraction of sp³-hybridized carbons (Fsp3) is 0.600. The first-order valence-electron chi connectivity index (χ1n) is 7.25. The van der Waals surface area contributed by atoms with Crippen molar-refractivity contribution in [3.63, 3.8) is 0 Å². The predicted octanol–water partition coefficient (Wildman–Crippen LogP) is 4.14. The second-order valence-electron chi connectivity index (χ2n) is 5.15. The molecular weight excluding hydrogens is 256 g/mol. The highest BCUT2D eigenvalue weighted by Gasteiger charge is 2.22. The van der Waals surface area contributed by atoms with Crippen LogP contribution in [0, 0.1) is 0 Å². The van der Waals surface area contributed by atoms with Gasteiger partial charge in [-0.1, -0.05) is 20.3 Å².